The first-order valence-electron chi connectivity index (χ1n) is 4.87. The maximum absolute atomic E-state index is 11.0. The Morgan fingerprint density at radius 2 is 1.75 bits per heavy atom. The number of aliphatic carboxylic acids is 1. The molecule has 0 saturated carbocycles. The van der Waals surface area contributed by atoms with Crippen LogP contribution in [0.25, 0.3) is 0 Å². The molecular weight excluding hydrogens is 208 g/mol. The van der Waals surface area contributed by atoms with Crippen LogP contribution in [0.15, 0.2) is 24.3 Å². The first kappa shape index (κ1) is 12.2. The quantitative estimate of drug-likeness (QED) is 0.448. The lowest BCUT2D eigenvalue weighted by Crippen LogP contribution is -2.22. The van der Waals surface area contributed by atoms with E-state index in [9.17, 15) is 9.59 Å². The predicted octanol–water partition coefficient (Wildman–Crippen LogP) is 1.97. The summed E-state index contributed by atoms with van der Waals surface area (Å²) < 4.78 is 4.79. The fourth-order valence-corrected chi connectivity index (χ4v) is 1.32. The van der Waals surface area contributed by atoms with Crippen LogP contribution in [-0.4, -0.2) is 17.0 Å². The van der Waals surface area contributed by atoms with E-state index in [1.807, 2.05) is 32.9 Å². The first-order valence-corrected chi connectivity index (χ1v) is 4.87. The van der Waals surface area contributed by atoms with Crippen molar-refractivity contribution in [3.63, 3.8) is 0 Å². The lowest BCUT2D eigenvalue weighted by molar-refractivity contribution is -0.158. The monoisotopic (exact) mass is 222 g/mol. The summed E-state index contributed by atoms with van der Waals surface area (Å²) in [5, 5.41) is 8.46. The van der Waals surface area contributed by atoms with Crippen molar-refractivity contribution in [3.8, 4) is 5.75 Å². The molecule has 0 spiro atoms. The molecule has 0 aliphatic carbocycles. The summed E-state index contributed by atoms with van der Waals surface area (Å²) in [6, 6.07) is 6.91. The molecule has 4 nitrogen and oxygen atoms in total. The Morgan fingerprint density at radius 1 is 1.19 bits per heavy atom. The average molecular weight is 222 g/mol. The van der Waals surface area contributed by atoms with E-state index in [4.69, 9.17) is 9.84 Å². The van der Waals surface area contributed by atoms with Crippen LogP contribution in [0.3, 0.4) is 0 Å². The summed E-state index contributed by atoms with van der Waals surface area (Å²) in [6.07, 6.45) is 0. The molecule has 1 rings (SSSR count). The Balaban J connectivity index is 3.05. The van der Waals surface area contributed by atoms with Gasteiger partial charge in [0.15, 0.2) is 0 Å². The van der Waals surface area contributed by atoms with Gasteiger partial charge in [-0.25, -0.2) is 9.59 Å². The Bertz CT molecular complexity index is 415. The number of carbonyl (C=O) groups excluding carboxylic acids is 1. The molecule has 0 radical (unpaired) electrons. The van der Waals surface area contributed by atoms with E-state index in [1.54, 1.807) is 12.1 Å². The highest BCUT2D eigenvalue weighted by Gasteiger charge is 2.22. The van der Waals surface area contributed by atoms with Gasteiger partial charge in [-0.15, -0.1) is 0 Å². The molecule has 0 aliphatic rings. The highest BCUT2D eigenvalue weighted by atomic mass is 16.6. The zero-order valence-electron chi connectivity index (χ0n) is 9.48. The second kappa shape index (κ2) is 4.35. The Morgan fingerprint density at radius 3 is 2.25 bits per heavy atom. The SMILES string of the molecule is CC(C)(C)c1ccccc1OC(=O)C(=O)O. The van der Waals surface area contributed by atoms with Crippen molar-refractivity contribution in [3.05, 3.63) is 29.8 Å². The largest absolute Gasteiger partial charge is 0.473 e. The lowest BCUT2D eigenvalue weighted by atomic mass is 9.86. The number of hydrogen-bond acceptors (Lipinski definition) is 3. The number of para-hydroxylation sites is 1. The zero-order valence-corrected chi connectivity index (χ0v) is 9.48. The number of rotatable bonds is 1. The van der Waals surface area contributed by atoms with Crippen molar-refractivity contribution in [2.45, 2.75) is 26.2 Å². The maximum atomic E-state index is 11.0. The van der Waals surface area contributed by atoms with Gasteiger partial charge in [0.1, 0.15) is 5.75 Å². The molecule has 0 unspecified atom stereocenters. The summed E-state index contributed by atoms with van der Waals surface area (Å²) >= 11 is 0. The minimum atomic E-state index is -1.59. The third kappa shape index (κ3) is 2.82. The topological polar surface area (TPSA) is 63.6 Å². The molecule has 4 heteroatoms. The van der Waals surface area contributed by atoms with Gasteiger partial charge in [-0.3, -0.25) is 0 Å². The standard InChI is InChI=1S/C12H14O4/c1-12(2,3)8-6-4-5-7-9(8)16-11(15)10(13)14/h4-7H,1-3H3,(H,13,14). The molecule has 0 saturated heterocycles. The molecule has 0 aliphatic heterocycles. The predicted molar refractivity (Wildman–Crippen MR) is 58.4 cm³/mol. The van der Waals surface area contributed by atoms with E-state index in [-0.39, 0.29) is 5.41 Å². The van der Waals surface area contributed by atoms with E-state index in [2.05, 4.69) is 0 Å². The van der Waals surface area contributed by atoms with Crippen LogP contribution in [-0.2, 0) is 15.0 Å². The molecule has 0 bridgehead atoms. The van der Waals surface area contributed by atoms with Crippen molar-refractivity contribution in [1.82, 2.24) is 0 Å². The smallest absolute Gasteiger partial charge is 0.422 e. The number of esters is 1. The molecule has 0 fully saturated rings. The number of benzene rings is 1. The van der Waals surface area contributed by atoms with Gasteiger partial charge in [0, 0.05) is 5.56 Å². The fourth-order valence-electron chi connectivity index (χ4n) is 1.32. The normalized spacial score (nSPS) is 10.9. The van der Waals surface area contributed by atoms with Crippen LogP contribution < -0.4 is 4.74 Å². The second-order valence-corrected chi connectivity index (χ2v) is 4.44. The van der Waals surface area contributed by atoms with Crippen LogP contribution in [0.5, 0.6) is 5.75 Å². The van der Waals surface area contributed by atoms with Gasteiger partial charge in [0.05, 0.1) is 0 Å². The Labute approximate surface area is 93.9 Å². The maximum Gasteiger partial charge on any atom is 0.422 e. The van der Waals surface area contributed by atoms with E-state index in [0.29, 0.717) is 5.75 Å². The number of carboxylic acids is 1. The molecule has 86 valence electrons. The molecule has 0 aromatic heterocycles. The van der Waals surface area contributed by atoms with Gasteiger partial charge in [-0.2, -0.15) is 0 Å². The molecule has 0 amide bonds. The average Bonchev–Trinajstić information content (AvgIpc) is 2.16. The summed E-state index contributed by atoms with van der Waals surface area (Å²) in [5.74, 6) is -2.57. The number of carbonyl (C=O) groups is 2. The van der Waals surface area contributed by atoms with Crippen LogP contribution >= 0.6 is 0 Å². The van der Waals surface area contributed by atoms with Crippen LogP contribution in [0.1, 0.15) is 26.3 Å². The fraction of sp³-hybridized carbons (Fsp3) is 0.333. The molecule has 16 heavy (non-hydrogen) atoms. The molecule has 0 atom stereocenters. The van der Waals surface area contributed by atoms with Crippen molar-refractivity contribution < 1.29 is 19.4 Å². The number of carboxylic acid groups (broad SMARTS) is 1. The van der Waals surface area contributed by atoms with E-state index in [0.717, 1.165) is 5.56 Å². The lowest BCUT2D eigenvalue weighted by Gasteiger charge is -2.21. The van der Waals surface area contributed by atoms with E-state index < -0.39 is 11.9 Å². The summed E-state index contributed by atoms with van der Waals surface area (Å²) in [4.78, 5) is 21.4. The first-order chi connectivity index (χ1) is 7.32. The van der Waals surface area contributed by atoms with Crippen molar-refractivity contribution >= 4 is 11.9 Å². The highest BCUT2D eigenvalue weighted by Crippen LogP contribution is 2.30. The van der Waals surface area contributed by atoms with Crippen molar-refractivity contribution in [2.24, 2.45) is 0 Å². The van der Waals surface area contributed by atoms with E-state index in [1.165, 1.54) is 0 Å². The summed E-state index contributed by atoms with van der Waals surface area (Å²) in [6.45, 7) is 5.88. The van der Waals surface area contributed by atoms with Gasteiger partial charge in [-0.05, 0) is 11.5 Å². The zero-order chi connectivity index (χ0) is 12.3. The van der Waals surface area contributed by atoms with Crippen LogP contribution in [0.2, 0.25) is 0 Å². The second-order valence-electron chi connectivity index (χ2n) is 4.44. The number of hydrogen-bond donors (Lipinski definition) is 1. The minimum Gasteiger partial charge on any atom is -0.473 e. The van der Waals surface area contributed by atoms with Crippen molar-refractivity contribution in [2.75, 3.05) is 0 Å². The molecule has 0 heterocycles. The highest BCUT2D eigenvalue weighted by molar-refractivity contribution is 6.29. The molecule has 1 aromatic carbocycles. The van der Waals surface area contributed by atoms with Gasteiger partial charge in [-0.1, -0.05) is 39.0 Å². The van der Waals surface area contributed by atoms with Gasteiger partial charge < -0.3 is 9.84 Å². The van der Waals surface area contributed by atoms with Gasteiger partial charge in [0.25, 0.3) is 0 Å². The van der Waals surface area contributed by atoms with Gasteiger partial charge in [0.2, 0.25) is 0 Å². The van der Waals surface area contributed by atoms with E-state index >= 15 is 0 Å². The molecular formula is C12H14O4. The van der Waals surface area contributed by atoms with Gasteiger partial charge >= 0.3 is 11.9 Å². The van der Waals surface area contributed by atoms with Crippen molar-refractivity contribution in [1.29, 1.82) is 0 Å². The Hall–Kier alpha value is -1.84. The van der Waals surface area contributed by atoms with Crippen LogP contribution in [0, 0.1) is 0 Å². The minimum absolute atomic E-state index is 0.213. The third-order valence-corrected chi connectivity index (χ3v) is 2.07. The Kier molecular flexibility index (Phi) is 3.32. The number of ether oxygens (including phenoxy) is 1. The molecule has 1 aromatic rings. The van der Waals surface area contributed by atoms with Crippen LogP contribution in [0.4, 0.5) is 0 Å². The third-order valence-electron chi connectivity index (χ3n) is 2.07. The summed E-state index contributed by atoms with van der Waals surface area (Å²) in [7, 11) is 0. The summed E-state index contributed by atoms with van der Waals surface area (Å²) in [5.41, 5.74) is 0.583. The molecule has 1 N–H and O–H groups in total.